The summed E-state index contributed by atoms with van der Waals surface area (Å²) in [6, 6.07) is 7.10. The number of benzene rings is 1. The van der Waals surface area contributed by atoms with E-state index in [1.54, 1.807) is 6.07 Å². The van der Waals surface area contributed by atoms with Crippen LogP contribution in [0.4, 0.5) is 18.9 Å². The van der Waals surface area contributed by atoms with Crippen LogP contribution in [0.15, 0.2) is 47.2 Å². The number of hydrogen-bond donors (Lipinski definition) is 2. The van der Waals surface area contributed by atoms with Gasteiger partial charge in [0.15, 0.2) is 11.5 Å². The number of nitrogens with one attached hydrogen (secondary N) is 1. The van der Waals surface area contributed by atoms with E-state index in [0.29, 0.717) is 6.20 Å². The highest BCUT2D eigenvalue weighted by Crippen LogP contribution is 2.31. The fourth-order valence-electron chi connectivity index (χ4n) is 3.08. The molecule has 0 radical (unpaired) electrons. The first kappa shape index (κ1) is 25.6. The van der Waals surface area contributed by atoms with Gasteiger partial charge < -0.3 is 11.1 Å². The number of carbonyl (C=O) groups excluding carboxylic acids is 2. The molecule has 4 rings (SSSR count). The molecule has 0 bridgehead atoms. The number of pyridine rings is 1. The molecular weight excluding hydrogens is 592 g/mol. The molecule has 0 fully saturated rings. The minimum Gasteiger partial charge on any atom is -0.366 e. The van der Waals surface area contributed by atoms with Crippen LogP contribution in [-0.2, 0) is 12.7 Å². The largest absolute Gasteiger partial charge is 0.436 e. The monoisotopic (exact) mass is 602 g/mol. The Morgan fingerprint density at radius 3 is 2.56 bits per heavy atom. The van der Waals surface area contributed by atoms with Crippen molar-refractivity contribution in [2.75, 3.05) is 5.32 Å². The highest BCUT2D eigenvalue weighted by atomic mass is 79.9. The Balaban J connectivity index is 1.75. The predicted octanol–water partition coefficient (Wildman–Crippen LogP) is 4.35. The molecule has 0 saturated carbocycles. The van der Waals surface area contributed by atoms with Crippen LogP contribution in [-0.4, -0.2) is 41.6 Å². The number of hydrogen-bond acceptors (Lipinski definition) is 6. The van der Waals surface area contributed by atoms with Crippen LogP contribution in [0.1, 0.15) is 32.2 Å². The molecule has 0 saturated heterocycles. The molecule has 0 aliphatic rings. The summed E-state index contributed by atoms with van der Waals surface area (Å²) in [4.78, 5) is 30.1. The van der Waals surface area contributed by atoms with E-state index in [9.17, 15) is 22.8 Å². The average Bonchev–Trinajstić information content (AvgIpc) is 3.43. The normalized spacial score (nSPS) is 11.5. The number of primary amides is 1. The summed E-state index contributed by atoms with van der Waals surface area (Å²) in [5.41, 5.74) is 4.23. The Bertz CT molecular complexity index is 1490. The number of nitrogens with zero attached hydrogens (tertiary/aromatic N) is 6. The third-order valence-corrected chi connectivity index (χ3v) is 5.76. The number of amides is 2. The number of alkyl halides is 3. The minimum atomic E-state index is -4.67. The predicted molar refractivity (Wildman–Crippen MR) is 126 cm³/mol. The average molecular weight is 604 g/mol. The van der Waals surface area contributed by atoms with Gasteiger partial charge in [-0.15, -0.1) is 5.10 Å². The van der Waals surface area contributed by atoms with Gasteiger partial charge in [0.05, 0.1) is 28.2 Å². The topological polar surface area (TPSA) is 134 Å². The first-order valence-corrected chi connectivity index (χ1v) is 11.3. The van der Waals surface area contributed by atoms with Crippen molar-refractivity contribution in [2.24, 2.45) is 5.73 Å². The molecule has 0 spiro atoms. The highest BCUT2D eigenvalue weighted by Gasteiger charge is 2.34. The second-order valence-corrected chi connectivity index (χ2v) is 8.83. The van der Waals surface area contributed by atoms with Gasteiger partial charge in [-0.25, -0.2) is 9.67 Å². The van der Waals surface area contributed by atoms with Crippen molar-refractivity contribution < 1.29 is 22.8 Å². The SMILES string of the molecule is NC(=O)c1cc(Cl)cc(Br)c1NC(=O)c1cc(Cn2ncc(C(F)(F)F)n2)nn1-c1ncccc1Cl. The van der Waals surface area contributed by atoms with Crippen LogP contribution in [0.5, 0.6) is 0 Å². The lowest BCUT2D eigenvalue weighted by atomic mass is 10.1. The maximum atomic E-state index is 13.3. The Morgan fingerprint density at radius 1 is 1.17 bits per heavy atom. The number of anilines is 1. The molecule has 0 unspecified atom stereocenters. The van der Waals surface area contributed by atoms with Gasteiger partial charge in [0.25, 0.3) is 11.8 Å². The Hall–Kier alpha value is -3.49. The van der Waals surface area contributed by atoms with Crippen LogP contribution in [0, 0.1) is 0 Å². The molecule has 3 heterocycles. The highest BCUT2D eigenvalue weighted by molar-refractivity contribution is 9.10. The maximum Gasteiger partial charge on any atom is 0.436 e. The van der Waals surface area contributed by atoms with Gasteiger partial charge in [0, 0.05) is 15.7 Å². The van der Waals surface area contributed by atoms with Crippen molar-refractivity contribution in [1.82, 2.24) is 29.8 Å². The first-order valence-electron chi connectivity index (χ1n) is 9.71. The zero-order valence-electron chi connectivity index (χ0n) is 17.6. The van der Waals surface area contributed by atoms with E-state index < -0.39 is 23.7 Å². The zero-order chi connectivity index (χ0) is 26.2. The second kappa shape index (κ2) is 9.87. The van der Waals surface area contributed by atoms with Crippen LogP contribution < -0.4 is 11.1 Å². The molecule has 36 heavy (non-hydrogen) atoms. The number of halogens is 6. The van der Waals surface area contributed by atoms with Crippen LogP contribution >= 0.6 is 39.1 Å². The van der Waals surface area contributed by atoms with E-state index in [4.69, 9.17) is 28.9 Å². The van der Waals surface area contributed by atoms with Crippen LogP contribution in [0.25, 0.3) is 5.82 Å². The first-order chi connectivity index (χ1) is 16.9. The van der Waals surface area contributed by atoms with Gasteiger partial charge in [-0.1, -0.05) is 23.2 Å². The number of nitrogens with two attached hydrogens (primary N) is 1. The summed E-state index contributed by atoms with van der Waals surface area (Å²) < 4.78 is 40.0. The van der Waals surface area contributed by atoms with Crippen molar-refractivity contribution in [3.63, 3.8) is 0 Å². The standard InChI is InChI=1S/C20H12BrCl2F3N8O2/c21-12-5-9(22)4-11(17(27)35)16(12)30-19(36)14-6-10(8-33-29-7-15(32-33)20(24,25)26)31-34(14)18-13(23)2-1-3-28-18/h1-7H,8H2,(H2,27,35)(H,30,36). The van der Waals surface area contributed by atoms with E-state index in [1.165, 1.54) is 30.5 Å². The fourth-order valence-corrected chi connectivity index (χ4v) is 4.20. The molecule has 1 aromatic carbocycles. The van der Waals surface area contributed by atoms with Gasteiger partial charge in [-0.05, 0) is 46.3 Å². The van der Waals surface area contributed by atoms with Gasteiger partial charge in [0.2, 0.25) is 0 Å². The van der Waals surface area contributed by atoms with Crippen molar-refractivity contribution >= 4 is 56.6 Å². The number of rotatable bonds is 6. The molecule has 0 aliphatic heterocycles. The summed E-state index contributed by atoms with van der Waals surface area (Å²) in [5.74, 6) is -1.53. The Labute approximate surface area is 218 Å². The molecule has 3 aromatic heterocycles. The van der Waals surface area contributed by atoms with Crippen molar-refractivity contribution in [2.45, 2.75) is 12.7 Å². The number of carbonyl (C=O) groups is 2. The van der Waals surface area contributed by atoms with Crippen LogP contribution in [0.2, 0.25) is 10.0 Å². The van der Waals surface area contributed by atoms with E-state index in [0.717, 1.165) is 9.48 Å². The van der Waals surface area contributed by atoms with Gasteiger partial charge in [0.1, 0.15) is 12.2 Å². The van der Waals surface area contributed by atoms with Crippen molar-refractivity contribution in [3.8, 4) is 5.82 Å². The van der Waals surface area contributed by atoms with Gasteiger partial charge in [-0.2, -0.15) is 28.2 Å². The van der Waals surface area contributed by atoms with Crippen LogP contribution in [0.3, 0.4) is 0 Å². The lowest BCUT2D eigenvalue weighted by Gasteiger charge is -2.13. The minimum absolute atomic E-state index is 0.0434. The second-order valence-electron chi connectivity index (χ2n) is 7.13. The maximum absolute atomic E-state index is 13.3. The van der Waals surface area contributed by atoms with Gasteiger partial charge >= 0.3 is 6.18 Å². The fraction of sp³-hybridized carbons (Fsp3) is 0.100. The zero-order valence-corrected chi connectivity index (χ0v) is 20.7. The molecule has 186 valence electrons. The molecule has 3 N–H and O–H groups in total. The molecule has 10 nitrogen and oxygen atoms in total. The van der Waals surface area contributed by atoms with Crippen molar-refractivity contribution in [1.29, 1.82) is 0 Å². The van der Waals surface area contributed by atoms with E-state index >= 15 is 0 Å². The summed E-state index contributed by atoms with van der Waals surface area (Å²) in [6.45, 7) is -0.301. The molecule has 0 atom stereocenters. The molecule has 4 aromatic rings. The summed E-state index contributed by atoms with van der Waals surface area (Å²) >= 11 is 15.5. The summed E-state index contributed by atoms with van der Waals surface area (Å²) in [7, 11) is 0. The number of aromatic nitrogens is 6. The van der Waals surface area contributed by atoms with Gasteiger partial charge in [-0.3, -0.25) is 9.59 Å². The summed E-state index contributed by atoms with van der Waals surface area (Å²) in [6.07, 6.45) is -2.69. The van der Waals surface area contributed by atoms with E-state index in [-0.39, 0.29) is 49.5 Å². The van der Waals surface area contributed by atoms with E-state index in [2.05, 4.69) is 41.5 Å². The third-order valence-electron chi connectivity index (χ3n) is 4.62. The molecule has 16 heteroatoms. The quantitative estimate of drug-likeness (QED) is 0.337. The Morgan fingerprint density at radius 2 is 1.92 bits per heavy atom. The molecule has 2 amide bonds. The lowest BCUT2D eigenvalue weighted by molar-refractivity contribution is -0.141. The van der Waals surface area contributed by atoms with Crippen molar-refractivity contribution in [3.05, 3.63) is 79.9 Å². The summed E-state index contributed by atoms with van der Waals surface area (Å²) in [5, 5.41) is 14.2. The van der Waals surface area contributed by atoms with E-state index in [1.807, 2.05) is 0 Å². The molecular formula is C20H12BrCl2F3N8O2. The third kappa shape index (κ3) is 5.34. The smallest absolute Gasteiger partial charge is 0.366 e. The molecule has 0 aliphatic carbocycles. The Kier molecular flexibility index (Phi) is 7.02. The lowest BCUT2D eigenvalue weighted by Crippen LogP contribution is -2.21.